The Labute approximate surface area is 144 Å². The highest BCUT2D eigenvalue weighted by Crippen LogP contribution is 2.29. The molecule has 0 radical (unpaired) electrons. The van der Waals surface area contributed by atoms with E-state index in [0.29, 0.717) is 10.2 Å². The SMILES string of the molecule is Cc1cc(/C=C/c2cc3ccc(Cl)c(C)c3nc2Cl)c(C)s1. The number of rotatable bonds is 2. The minimum absolute atomic E-state index is 0.499. The van der Waals surface area contributed by atoms with Crippen LogP contribution in [0.5, 0.6) is 0 Å². The van der Waals surface area contributed by atoms with Gasteiger partial charge < -0.3 is 0 Å². The normalized spacial score (nSPS) is 11.7. The van der Waals surface area contributed by atoms with Crippen molar-refractivity contribution in [3.05, 3.63) is 60.9 Å². The molecule has 0 fully saturated rings. The van der Waals surface area contributed by atoms with Gasteiger partial charge in [-0.3, -0.25) is 0 Å². The first-order valence-corrected chi connectivity index (χ1v) is 8.53. The highest BCUT2D eigenvalue weighted by Gasteiger charge is 2.07. The quantitative estimate of drug-likeness (QED) is 0.470. The fourth-order valence-corrected chi connectivity index (χ4v) is 3.73. The molecule has 0 aliphatic carbocycles. The summed E-state index contributed by atoms with van der Waals surface area (Å²) in [5, 5.41) is 2.26. The van der Waals surface area contributed by atoms with Crippen LogP contribution in [0.1, 0.15) is 26.4 Å². The number of benzene rings is 1. The monoisotopic (exact) mass is 347 g/mol. The van der Waals surface area contributed by atoms with Crippen LogP contribution in [-0.2, 0) is 0 Å². The van der Waals surface area contributed by atoms with Crippen LogP contribution < -0.4 is 0 Å². The summed E-state index contributed by atoms with van der Waals surface area (Å²) in [5.41, 5.74) is 3.96. The molecular formula is C18H15Cl2NS. The maximum absolute atomic E-state index is 6.34. The fraction of sp³-hybridized carbons (Fsp3) is 0.167. The topological polar surface area (TPSA) is 12.9 Å². The van der Waals surface area contributed by atoms with E-state index in [1.165, 1.54) is 15.3 Å². The molecule has 0 aliphatic rings. The van der Waals surface area contributed by atoms with Crippen molar-refractivity contribution in [1.82, 2.24) is 4.98 Å². The van der Waals surface area contributed by atoms with E-state index in [1.54, 1.807) is 11.3 Å². The average molecular weight is 348 g/mol. The van der Waals surface area contributed by atoms with Gasteiger partial charge in [-0.1, -0.05) is 41.4 Å². The van der Waals surface area contributed by atoms with Gasteiger partial charge in [0.25, 0.3) is 0 Å². The van der Waals surface area contributed by atoms with Gasteiger partial charge in [-0.15, -0.1) is 11.3 Å². The predicted octanol–water partition coefficient (Wildman–Crippen LogP) is 6.70. The summed E-state index contributed by atoms with van der Waals surface area (Å²) < 4.78 is 0. The number of nitrogens with zero attached hydrogens (tertiary/aromatic N) is 1. The molecule has 0 saturated carbocycles. The minimum Gasteiger partial charge on any atom is -0.235 e. The third-order valence-electron chi connectivity index (χ3n) is 3.68. The lowest BCUT2D eigenvalue weighted by Crippen LogP contribution is -1.88. The minimum atomic E-state index is 0.499. The van der Waals surface area contributed by atoms with Crippen LogP contribution in [0.4, 0.5) is 0 Å². The van der Waals surface area contributed by atoms with Crippen LogP contribution in [0, 0.1) is 20.8 Å². The molecule has 0 unspecified atom stereocenters. The van der Waals surface area contributed by atoms with Gasteiger partial charge >= 0.3 is 0 Å². The van der Waals surface area contributed by atoms with Crippen molar-refractivity contribution in [2.45, 2.75) is 20.8 Å². The summed E-state index contributed by atoms with van der Waals surface area (Å²) in [6.45, 7) is 6.20. The van der Waals surface area contributed by atoms with Crippen molar-refractivity contribution < 1.29 is 0 Å². The summed E-state index contributed by atoms with van der Waals surface area (Å²) >= 11 is 14.3. The molecule has 0 saturated heterocycles. The van der Waals surface area contributed by atoms with E-state index in [0.717, 1.165) is 22.0 Å². The fourth-order valence-electron chi connectivity index (χ4n) is 2.46. The van der Waals surface area contributed by atoms with Gasteiger partial charge in [0.2, 0.25) is 0 Å². The van der Waals surface area contributed by atoms with Crippen molar-refractivity contribution in [2.75, 3.05) is 0 Å². The molecule has 0 bridgehead atoms. The van der Waals surface area contributed by atoms with E-state index in [1.807, 2.05) is 25.1 Å². The van der Waals surface area contributed by atoms with Crippen LogP contribution in [-0.4, -0.2) is 4.98 Å². The van der Waals surface area contributed by atoms with Crippen LogP contribution in [0.2, 0.25) is 10.2 Å². The molecule has 0 atom stereocenters. The molecule has 1 nitrogen and oxygen atoms in total. The van der Waals surface area contributed by atoms with Crippen molar-refractivity contribution in [3.8, 4) is 0 Å². The number of pyridine rings is 1. The number of fused-ring (bicyclic) bond motifs is 1. The second-order valence-corrected chi connectivity index (χ2v) is 7.54. The van der Waals surface area contributed by atoms with Crippen LogP contribution >= 0.6 is 34.5 Å². The Bertz CT molecular complexity index is 894. The van der Waals surface area contributed by atoms with Crippen molar-refractivity contribution in [1.29, 1.82) is 0 Å². The zero-order valence-corrected chi connectivity index (χ0v) is 14.9. The second kappa shape index (κ2) is 6.04. The summed E-state index contributed by atoms with van der Waals surface area (Å²) in [5.74, 6) is 0. The Balaban J connectivity index is 2.06. The zero-order chi connectivity index (χ0) is 15.9. The number of halogens is 2. The first kappa shape index (κ1) is 15.5. The third kappa shape index (κ3) is 2.91. The highest BCUT2D eigenvalue weighted by atomic mass is 35.5. The largest absolute Gasteiger partial charge is 0.235 e. The van der Waals surface area contributed by atoms with Crippen LogP contribution in [0.15, 0.2) is 24.3 Å². The van der Waals surface area contributed by atoms with Crippen LogP contribution in [0.25, 0.3) is 23.1 Å². The number of thiophene rings is 1. The number of hydrogen-bond acceptors (Lipinski definition) is 2. The van der Waals surface area contributed by atoms with Gasteiger partial charge in [-0.2, -0.15) is 0 Å². The van der Waals surface area contributed by atoms with Gasteiger partial charge in [0.05, 0.1) is 5.52 Å². The van der Waals surface area contributed by atoms with Crippen LogP contribution in [0.3, 0.4) is 0 Å². The standard InChI is InChI=1S/C18H15Cl2NS/c1-10-8-13(12(3)22-10)4-5-15-9-14-6-7-16(19)11(2)17(14)21-18(15)20/h4-9H,1-3H3/b5-4+. The first-order chi connectivity index (χ1) is 10.5. The van der Waals surface area contributed by atoms with Gasteiger partial charge in [-0.05, 0) is 50.1 Å². The van der Waals surface area contributed by atoms with E-state index >= 15 is 0 Å². The molecule has 112 valence electrons. The highest BCUT2D eigenvalue weighted by molar-refractivity contribution is 7.12. The maximum Gasteiger partial charge on any atom is 0.137 e. The van der Waals surface area contributed by atoms with Crippen molar-refractivity contribution in [3.63, 3.8) is 0 Å². The molecule has 2 heterocycles. The summed E-state index contributed by atoms with van der Waals surface area (Å²) in [7, 11) is 0. The molecule has 3 aromatic rings. The van der Waals surface area contributed by atoms with E-state index in [4.69, 9.17) is 23.2 Å². The molecule has 1 aromatic carbocycles. The molecular weight excluding hydrogens is 333 g/mol. The Hall–Kier alpha value is -1.35. The Morgan fingerprint density at radius 1 is 1.00 bits per heavy atom. The summed E-state index contributed by atoms with van der Waals surface area (Å²) in [6, 6.07) is 8.11. The van der Waals surface area contributed by atoms with Gasteiger partial charge in [-0.25, -0.2) is 4.98 Å². The number of aryl methyl sites for hydroxylation is 3. The molecule has 4 heteroatoms. The lowest BCUT2D eigenvalue weighted by atomic mass is 10.1. The third-order valence-corrected chi connectivity index (χ3v) is 5.37. The van der Waals surface area contributed by atoms with Crippen molar-refractivity contribution in [2.24, 2.45) is 0 Å². The zero-order valence-electron chi connectivity index (χ0n) is 12.6. The molecule has 0 spiro atoms. The molecule has 0 aliphatic heterocycles. The van der Waals surface area contributed by atoms with E-state index in [2.05, 4.69) is 37.0 Å². The van der Waals surface area contributed by atoms with E-state index < -0.39 is 0 Å². The predicted molar refractivity (Wildman–Crippen MR) is 99.2 cm³/mol. The molecule has 0 N–H and O–H groups in total. The lowest BCUT2D eigenvalue weighted by molar-refractivity contribution is 1.36. The molecule has 3 rings (SSSR count). The molecule has 22 heavy (non-hydrogen) atoms. The van der Waals surface area contributed by atoms with Gasteiger partial charge in [0.1, 0.15) is 5.15 Å². The Morgan fingerprint density at radius 3 is 2.41 bits per heavy atom. The average Bonchev–Trinajstić information content (AvgIpc) is 2.80. The first-order valence-electron chi connectivity index (χ1n) is 6.96. The summed E-state index contributed by atoms with van der Waals surface area (Å²) in [4.78, 5) is 7.13. The second-order valence-electron chi connectivity index (χ2n) is 5.31. The van der Waals surface area contributed by atoms with E-state index in [-0.39, 0.29) is 0 Å². The van der Waals surface area contributed by atoms with Crippen molar-refractivity contribution >= 4 is 57.6 Å². The Kier molecular flexibility index (Phi) is 4.26. The summed E-state index contributed by atoms with van der Waals surface area (Å²) in [6.07, 6.45) is 4.11. The van der Waals surface area contributed by atoms with Gasteiger partial charge in [0.15, 0.2) is 0 Å². The maximum atomic E-state index is 6.34. The number of aromatic nitrogens is 1. The molecule has 0 amide bonds. The Morgan fingerprint density at radius 2 is 1.73 bits per heavy atom. The molecule has 2 aromatic heterocycles. The van der Waals surface area contributed by atoms with E-state index in [9.17, 15) is 0 Å². The number of hydrogen-bond donors (Lipinski definition) is 0. The lowest BCUT2D eigenvalue weighted by Gasteiger charge is -2.06. The smallest absolute Gasteiger partial charge is 0.137 e. The van der Waals surface area contributed by atoms with Gasteiger partial charge in [0, 0.05) is 25.7 Å².